The Balaban J connectivity index is 2.26. The van der Waals surface area contributed by atoms with Gasteiger partial charge in [0.25, 0.3) is 6.43 Å². The van der Waals surface area contributed by atoms with Gasteiger partial charge in [0.15, 0.2) is 0 Å². The topological polar surface area (TPSA) is 34.1 Å². The van der Waals surface area contributed by atoms with Gasteiger partial charge in [-0.25, -0.2) is 13.8 Å². The van der Waals surface area contributed by atoms with Crippen molar-refractivity contribution in [2.45, 2.75) is 38.7 Å². The lowest BCUT2D eigenvalue weighted by molar-refractivity contribution is 0.0144. The number of thiazole rings is 1. The fourth-order valence-electron chi connectivity index (χ4n) is 1.59. The molecule has 18 heavy (non-hydrogen) atoms. The van der Waals surface area contributed by atoms with E-state index < -0.39 is 13.0 Å². The second kappa shape index (κ2) is 9.35. The third kappa shape index (κ3) is 6.98. The standard InChI is InChI=1S/C12H20F2N2OS/c1-2-4-15-10(3-6-17-9-11(13)14)8-12-16-5-7-18-12/h5,7,10-11,15H,2-4,6,8-9H2,1H3. The maximum Gasteiger partial charge on any atom is 0.261 e. The Hall–Kier alpha value is -0.590. The van der Waals surface area contributed by atoms with Crippen molar-refractivity contribution in [3.05, 3.63) is 16.6 Å². The van der Waals surface area contributed by atoms with Crippen LogP contribution in [0.3, 0.4) is 0 Å². The second-order valence-electron chi connectivity index (χ2n) is 4.04. The number of rotatable bonds is 10. The van der Waals surface area contributed by atoms with E-state index in [1.807, 2.05) is 5.38 Å². The largest absolute Gasteiger partial charge is 0.375 e. The predicted molar refractivity (Wildman–Crippen MR) is 69.3 cm³/mol. The fourth-order valence-corrected chi connectivity index (χ4v) is 2.29. The van der Waals surface area contributed by atoms with Crippen LogP contribution in [-0.2, 0) is 11.2 Å². The summed E-state index contributed by atoms with van der Waals surface area (Å²) in [7, 11) is 0. The molecular weight excluding hydrogens is 258 g/mol. The van der Waals surface area contributed by atoms with Crippen molar-refractivity contribution in [2.24, 2.45) is 0 Å². The molecule has 1 atom stereocenters. The summed E-state index contributed by atoms with van der Waals surface area (Å²) in [5, 5.41) is 6.41. The quantitative estimate of drug-likeness (QED) is 0.668. The van der Waals surface area contributed by atoms with Crippen LogP contribution in [-0.4, -0.2) is 37.2 Å². The van der Waals surface area contributed by atoms with Crippen molar-refractivity contribution in [1.29, 1.82) is 0 Å². The van der Waals surface area contributed by atoms with E-state index in [1.165, 1.54) is 0 Å². The van der Waals surface area contributed by atoms with Gasteiger partial charge in [-0.1, -0.05) is 6.92 Å². The minimum Gasteiger partial charge on any atom is -0.375 e. The molecule has 0 amide bonds. The number of aromatic nitrogens is 1. The first-order valence-electron chi connectivity index (χ1n) is 6.20. The molecule has 1 rings (SSSR count). The van der Waals surface area contributed by atoms with E-state index in [0.717, 1.165) is 30.8 Å². The van der Waals surface area contributed by atoms with Crippen LogP contribution in [0.2, 0.25) is 0 Å². The highest BCUT2D eigenvalue weighted by molar-refractivity contribution is 7.09. The Morgan fingerprint density at radius 2 is 2.33 bits per heavy atom. The summed E-state index contributed by atoms with van der Waals surface area (Å²) in [6, 6.07) is 0.244. The zero-order chi connectivity index (χ0) is 13.2. The molecule has 1 aromatic heterocycles. The van der Waals surface area contributed by atoms with Gasteiger partial charge in [-0.3, -0.25) is 0 Å². The van der Waals surface area contributed by atoms with Crippen LogP contribution in [0, 0.1) is 0 Å². The van der Waals surface area contributed by atoms with E-state index in [-0.39, 0.29) is 6.04 Å². The Bertz CT molecular complexity index is 296. The minimum atomic E-state index is -2.38. The smallest absolute Gasteiger partial charge is 0.261 e. The second-order valence-corrected chi connectivity index (χ2v) is 5.01. The summed E-state index contributed by atoms with van der Waals surface area (Å²) >= 11 is 1.62. The molecule has 1 aromatic rings. The SMILES string of the molecule is CCCNC(CCOCC(F)F)Cc1nccs1. The van der Waals surface area contributed by atoms with E-state index >= 15 is 0 Å². The van der Waals surface area contributed by atoms with Crippen LogP contribution in [0.15, 0.2) is 11.6 Å². The highest BCUT2D eigenvalue weighted by atomic mass is 32.1. The normalized spacial score (nSPS) is 13.1. The molecular formula is C12H20F2N2OS. The van der Waals surface area contributed by atoms with E-state index in [4.69, 9.17) is 4.74 Å². The molecule has 1 N–H and O–H groups in total. The summed E-state index contributed by atoms with van der Waals surface area (Å²) < 4.78 is 28.8. The molecule has 1 unspecified atom stereocenters. The number of hydrogen-bond donors (Lipinski definition) is 1. The van der Waals surface area contributed by atoms with Crippen molar-refractivity contribution in [3.63, 3.8) is 0 Å². The highest BCUT2D eigenvalue weighted by Crippen LogP contribution is 2.09. The molecule has 0 aliphatic carbocycles. The number of alkyl halides is 2. The monoisotopic (exact) mass is 278 g/mol. The molecule has 1 heterocycles. The maximum absolute atomic E-state index is 11.9. The van der Waals surface area contributed by atoms with E-state index in [1.54, 1.807) is 17.5 Å². The lowest BCUT2D eigenvalue weighted by Gasteiger charge is -2.17. The van der Waals surface area contributed by atoms with Crippen LogP contribution in [0.1, 0.15) is 24.8 Å². The fraction of sp³-hybridized carbons (Fsp3) is 0.750. The predicted octanol–water partition coefficient (Wildman–Crippen LogP) is 2.73. The van der Waals surface area contributed by atoms with Crippen molar-refractivity contribution in [2.75, 3.05) is 19.8 Å². The van der Waals surface area contributed by atoms with Gasteiger partial charge in [0, 0.05) is 30.6 Å². The molecule has 104 valence electrons. The van der Waals surface area contributed by atoms with Crippen LogP contribution in [0.4, 0.5) is 8.78 Å². The number of nitrogens with one attached hydrogen (secondary N) is 1. The number of hydrogen-bond acceptors (Lipinski definition) is 4. The van der Waals surface area contributed by atoms with Crippen LogP contribution in [0.5, 0.6) is 0 Å². The molecule has 0 aliphatic heterocycles. The first kappa shape index (κ1) is 15.5. The average Bonchev–Trinajstić information content (AvgIpc) is 2.83. The van der Waals surface area contributed by atoms with Gasteiger partial charge in [0.1, 0.15) is 6.61 Å². The number of halogens is 2. The molecule has 3 nitrogen and oxygen atoms in total. The highest BCUT2D eigenvalue weighted by Gasteiger charge is 2.11. The molecule has 0 fully saturated rings. The van der Waals surface area contributed by atoms with Crippen LogP contribution >= 0.6 is 11.3 Å². The van der Waals surface area contributed by atoms with Crippen molar-refractivity contribution in [1.82, 2.24) is 10.3 Å². The van der Waals surface area contributed by atoms with Gasteiger partial charge in [-0.05, 0) is 19.4 Å². The molecule has 0 aromatic carbocycles. The van der Waals surface area contributed by atoms with Crippen molar-refractivity contribution < 1.29 is 13.5 Å². The lowest BCUT2D eigenvalue weighted by atomic mass is 10.1. The van der Waals surface area contributed by atoms with Crippen molar-refractivity contribution in [3.8, 4) is 0 Å². The summed E-state index contributed by atoms with van der Waals surface area (Å²) in [4.78, 5) is 4.24. The average molecular weight is 278 g/mol. The third-order valence-corrected chi connectivity index (χ3v) is 3.24. The Kier molecular flexibility index (Phi) is 8.04. The molecule has 0 bridgehead atoms. The Morgan fingerprint density at radius 3 is 2.94 bits per heavy atom. The van der Waals surface area contributed by atoms with Gasteiger partial charge in [-0.2, -0.15) is 0 Å². The first-order valence-corrected chi connectivity index (χ1v) is 7.08. The maximum atomic E-state index is 11.9. The zero-order valence-corrected chi connectivity index (χ0v) is 11.4. The van der Waals surface area contributed by atoms with Gasteiger partial charge in [0.2, 0.25) is 0 Å². The van der Waals surface area contributed by atoms with Crippen LogP contribution in [0.25, 0.3) is 0 Å². The van der Waals surface area contributed by atoms with Crippen molar-refractivity contribution >= 4 is 11.3 Å². The Labute approximate surface area is 111 Å². The van der Waals surface area contributed by atoms with Gasteiger partial charge >= 0.3 is 0 Å². The van der Waals surface area contributed by atoms with Gasteiger partial charge in [-0.15, -0.1) is 11.3 Å². The third-order valence-electron chi connectivity index (χ3n) is 2.44. The number of ether oxygens (including phenoxy) is 1. The number of nitrogens with zero attached hydrogens (tertiary/aromatic N) is 1. The summed E-state index contributed by atoms with van der Waals surface area (Å²) in [5.41, 5.74) is 0. The molecule has 0 radical (unpaired) electrons. The van der Waals surface area contributed by atoms with E-state index in [2.05, 4.69) is 17.2 Å². The molecule has 0 aliphatic rings. The Morgan fingerprint density at radius 1 is 1.50 bits per heavy atom. The molecule has 0 saturated carbocycles. The lowest BCUT2D eigenvalue weighted by Crippen LogP contribution is -2.33. The summed E-state index contributed by atoms with van der Waals surface area (Å²) in [6.45, 7) is 2.90. The summed E-state index contributed by atoms with van der Waals surface area (Å²) in [5.74, 6) is 0. The summed E-state index contributed by atoms with van der Waals surface area (Å²) in [6.07, 6.45) is 2.00. The van der Waals surface area contributed by atoms with Crippen LogP contribution < -0.4 is 5.32 Å². The van der Waals surface area contributed by atoms with E-state index in [9.17, 15) is 8.78 Å². The van der Waals surface area contributed by atoms with Gasteiger partial charge in [0.05, 0.1) is 5.01 Å². The van der Waals surface area contributed by atoms with E-state index in [0.29, 0.717) is 6.61 Å². The van der Waals surface area contributed by atoms with Gasteiger partial charge < -0.3 is 10.1 Å². The minimum absolute atomic E-state index is 0.244. The first-order chi connectivity index (χ1) is 8.72. The zero-order valence-electron chi connectivity index (χ0n) is 10.6. The molecule has 0 saturated heterocycles. The molecule has 0 spiro atoms. The molecule has 6 heteroatoms.